The lowest BCUT2D eigenvalue weighted by Crippen LogP contribution is -2.14. The lowest BCUT2D eigenvalue weighted by Gasteiger charge is -2.13. The summed E-state index contributed by atoms with van der Waals surface area (Å²) >= 11 is 2.67. The molecule has 3 aromatic rings. The number of rotatable bonds is 7. The zero-order valence-corrected chi connectivity index (χ0v) is 17.5. The Bertz CT molecular complexity index is 1000. The van der Waals surface area contributed by atoms with E-state index in [2.05, 4.69) is 21.6 Å². The fraction of sp³-hybridized carbons (Fsp3) is 0.263. The number of nitrogens with zero attached hydrogens (tertiary/aromatic N) is 5. The molecule has 2 aromatic heterocycles. The van der Waals surface area contributed by atoms with Gasteiger partial charge in [-0.1, -0.05) is 11.8 Å². The van der Waals surface area contributed by atoms with Gasteiger partial charge in [-0.3, -0.25) is 4.79 Å². The number of nitriles is 1. The maximum Gasteiger partial charge on any atom is 0.235 e. The van der Waals surface area contributed by atoms with Crippen molar-refractivity contribution in [2.45, 2.75) is 18.6 Å². The summed E-state index contributed by atoms with van der Waals surface area (Å²) in [4.78, 5) is 14.3. The van der Waals surface area contributed by atoms with Gasteiger partial charge in [0.05, 0.1) is 11.3 Å². The molecule has 2 heterocycles. The van der Waals surface area contributed by atoms with Gasteiger partial charge in [0.15, 0.2) is 11.0 Å². The Balaban J connectivity index is 1.70. The quantitative estimate of drug-likeness (QED) is 0.596. The topological polar surface area (TPSA) is 86.8 Å². The number of carbonyl (C=O) groups excluding carboxylic acids is 1. The summed E-state index contributed by atoms with van der Waals surface area (Å²) in [6.45, 7) is 2.72. The van der Waals surface area contributed by atoms with E-state index in [1.165, 1.54) is 23.1 Å². The maximum absolute atomic E-state index is 12.2. The number of hydrogen-bond donors (Lipinski definition) is 1. The Morgan fingerprint density at radius 2 is 2.04 bits per heavy atom. The zero-order chi connectivity index (χ0) is 20.1. The van der Waals surface area contributed by atoms with Crippen LogP contribution in [-0.2, 0) is 11.3 Å². The SMILES string of the molecule is CCn1c(SCC(=O)Nc2sccc2C#N)nnc1-c1ccc(N(C)C)cc1. The summed E-state index contributed by atoms with van der Waals surface area (Å²) in [5.74, 6) is 0.799. The largest absolute Gasteiger partial charge is 0.378 e. The van der Waals surface area contributed by atoms with Crippen molar-refractivity contribution in [3.8, 4) is 17.5 Å². The molecule has 7 nitrogen and oxygen atoms in total. The molecule has 0 aliphatic rings. The minimum Gasteiger partial charge on any atom is -0.378 e. The van der Waals surface area contributed by atoms with E-state index < -0.39 is 0 Å². The second-order valence-corrected chi connectivity index (χ2v) is 7.96. The smallest absolute Gasteiger partial charge is 0.235 e. The van der Waals surface area contributed by atoms with Crippen LogP contribution in [0.15, 0.2) is 40.9 Å². The summed E-state index contributed by atoms with van der Waals surface area (Å²) in [5, 5.41) is 23.4. The second kappa shape index (κ2) is 8.91. The first-order chi connectivity index (χ1) is 13.5. The Kier molecular flexibility index (Phi) is 6.34. The molecule has 1 N–H and O–H groups in total. The molecule has 0 radical (unpaired) electrons. The molecule has 0 aliphatic carbocycles. The summed E-state index contributed by atoms with van der Waals surface area (Å²) in [5.41, 5.74) is 2.57. The van der Waals surface area contributed by atoms with E-state index in [0.29, 0.717) is 22.3 Å². The zero-order valence-electron chi connectivity index (χ0n) is 15.8. The van der Waals surface area contributed by atoms with Crippen LogP contribution < -0.4 is 10.2 Å². The van der Waals surface area contributed by atoms with Crippen LogP contribution in [0.3, 0.4) is 0 Å². The lowest BCUT2D eigenvalue weighted by molar-refractivity contribution is -0.113. The average Bonchev–Trinajstić information content (AvgIpc) is 3.32. The van der Waals surface area contributed by atoms with E-state index in [-0.39, 0.29) is 11.7 Å². The molecule has 1 aromatic carbocycles. The number of nitrogens with one attached hydrogen (secondary N) is 1. The van der Waals surface area contributed by atoms with E-state index in [1.807, 2.05) is 54.8 Å². The molecule has 0 atom stereocenters. The van der Waals surface area contributed by atoms with Gasteiger partial charge in [0.1, 0.15) is 11.1 Å². The first-order valence-electron chi connectivity index (χ1n) is 8.64. The third kappa shape index (κ3) is 4.35. The van der Waals surface area contributed by atoms with Crippen molar-refractivity contribution in [1.82, 2.24) is 14.8 Å². The standard InChI is InChI=1S/C19H20N6OS2/c1-4-25-17(13-5-7-15(8-6-13)24(2)3)22-23-19(25)28-12-16(26)21-18-14(11-20)9-10-27-18/h5-10H,4,12H2,1-3H3,(H,21,26). The minimum absolute atomic E-state index is 0.175. The Morgan fingerprint density at radius 1 is 1.29 bits per heavy atom. The normalized spacial score (nSPS) is 10.5. The number of carbonyl (C=O) groups is 1. The van der Waals surface area contributed by atoms with Gasteiger partial charge in [-0.2, -0.15) is 5.26 Å². The molecule has 0 saturated heterocycles. The van der Waals surface area contributed by atoms with E-state index in [0.717, 1.165) is 17.1 Å². The van der Waals surface area contributed by atoms with Gasteiger partial charge in [0, 0.05) is 31.9 Å². The van der Waals surface area contributed by atoms with Crippen molar-refractivity contribution in [2.75, 3.05) is 30.1 Å². The van der Waals surface area contributed by atoms with Gasteiger partial charge in [-0.05, 0) is 42.6 Å². The molecule has 1 amide bonds. The van der Waals surface area contributed by atoms with Gasteiger partial charge < -0.3 is 14.8 Å². The van der Waals surface area contributed by atoms with E-state index in [1.54, 1.807) is 11.4 Å². The summed E-state index contributed by atoms with van der Waals surface area (Å²) in [7, 11) is 4.00. The molecule has 0 fully saturated rings. The molecule has 0 spiro atoms. The maximum atomic E-state index is 12.2. The van der Waals surface area contributed by atoms with Crippen LogP contribution in [0.1, 0.15) is 12.5 Å². The summed E-state index contributed by atoms with van der Waals surface area (Å²) in [6, 6.07) is 11.9. The van der Waals surface area contributed by atoms with Crippen LogP contribution in [0.5, 0.6) is 0 Å². The van der Waals surface area contributed by atoms with Crippen LogP contribution in [0.4, 0.5) is 10.7 Å². The van der Waals surface area contributed by atoms with Crippen molar-refractivity contribution in [3.05, 3.63) is 41.3 Å². The van der Waals surface area contributed by atoms with Crippen molar-refractivity contribution in [2.24, 2.45) is 0 Å². The van der Waals surface area contributed by atoms with Crippen LogP contribution >= 0.6 is 23.1 Å². The fourth-order valence-corrected chi connectivity index (χ4v) is 4.15. The molecular formula is C19H20N6OS2. The summed E-state index contributed by atoms with van der Waals surface area (Å²) in [6.07, 6.45) is 0. The lowest BCUT2D eigenvalue weighted by atomic mass is 10.2. The van der Waals surface area contributed by atoms with Gasteiger partial charge >= 0.3 is 0 Å². The molecule has 0 unspecified atom stereocenters. The van der Waals surface area contributed by atoms with E-state index in [4.69, 9.17) is 5.26 Å². The van der Waals surface area contributed by atoms with Gasteiger partial charge in [-0.15, -0.1) is 21.5 Å². The minimum atomic E-state index is -0.175. The first kappa shape index (κ1) is 19.9. The summed E-state index contributed by atoms with van der Waals surface area (Å²) < 4.78 is 1.99. The molecule has 0 aliphatic heterocycles. The molecule has 0 bridgehead atoms. The number of anilines is 2. The van der Waals surface area contributed by atoms with Crippen LogP contribution in [0.2, 0.25) is 0 Å². The number of hydrogen-bond acceptors (Lipinski definition) is 7. The molecular weight excluding hydrogens is 392 g/mol. The average molecular weight is 413 g/mol. The van der Waals surface area contributed by atoms with Crippen molar-refractivity contribution in [3.63, 3.8) is 0 Å². The number of thiophene rings is 1. The third-order valence-electron chi connectivity index (χ3n) is 4.05. The second-order valence-electron chi connectivity index (χ2n) is 6.10. The van der Waals surface area contributed by atoms with Gasteiger partial charge in [0.25, 0.3) is 0 Å². The van der Waals surface area contributed by atoms with Crippen LogP contribution in [0.25, 0.3) is 11.4 Å². The van der Waals surface area contributed by atoms with Crippen molar-refractivity contribution in [1.29, 1.82) is 5.26 Å². The predicted octanol–water partition coefficient (Wildman–Crippen LogP) is 3.69. The van der Waals surface area contributed by atoms with Crippen molar-refractivity contribution < 1.29 is 4.79 Å². The highest BCUT2D eigenvalue weighted by Crippen LogP contribution is 2.26. The molecule has 3 rings (SSSR count). The van der Waals surface area contributed by atoms with Crippen LogP contribution in [-0.4, -0.2) is 40.5 Å². The van der Waals surface area contributed by atoms with E-state index in [9.17, 15) is 4.79 Å². The highest BCUT2D eigenvalue weighted by molar-refractivity contribution is 7.99. The van der Waals surface area contributed by atoms with Gasteiger partial charge in [0.2, 0.25) is 5.91 Å². The molecule has 28 heavy (non-hydrogen) atoms. The molecule has 0 saturated carbocycles. The Hall–Kier alpha value is -2.83. The monoisotopic (exact) mass is 412 g/mol. The number of amides is 1. The van der Waals surface area contributed by atoms with Crippen LogP contribution in [0, 0.1) is 11.3 Å². The molecule has 9 heteroatoms. The predicted molar refractivity (Wildman–Crippen MR) is 114 cm³/mol. The first-order valence-corrected chi connectivity index (χ1v) is 10.5. The number of benzene rings is 1. The van der Waals surface area contributed by atoms with Gasteiger partial charge in [-0.25, -0.2) is 0 Å². The third-order valence-corrected chi connectivity index (χ3v) is 5.84. The number of thioether (sulfide) groups is 1. The Morgan fingerprint density at radius 3 is 2.68 bits per heavy atom. The fourth-order valence-electron chi connectivity index (χ4n) is 2.59. The highest BCUT2D eigenvalue weighted by atomic mass is 32.2. The Labute approximate surface area is 172 Å². The van der Waals surface area contributed by atoms with Crippen molar-refractivity contribution >= 4 is 39.7 Å². The molecule has 144 valence electrons. The number of aromatic nitrogens is 3. The highest BCUT2D eigenvalue weighted by Gasteiger charge is 2.15. The van der Waals surface area contributed by atoms with E-state index >= 15 is 0 Å².